The van der Waals surface area contributed by atoms with Crippen molar-refractivity contribution < 1.29 is 18.0 Å². The van der Waals surface area contributed by atoms with Gasteiger partial charge in [-0.15, -0.1) is 0 Å². The fourth-order valence-electron chi connectivity index (χ4n) is 2.26. The van der Waals surface area contributed by atoms with Crippen LogP contribution in [0.2, 0.25) is 0 Å². The standard InChI is InChI=1S/C14H17F3N2O/c15-14(16,17)7-6-13(20)19-10-8-18(9-11-19)12-4-2-1-3-5-12/h1-5H,6-11H2. The number of piperazine rings is 1. The number of amides is 1. The number of para-hydroxylation sites is 1. The topological polar surface area (TPSA) is 23.6 Å². The highest BCUT2D eigenvalue weighted by atomic mass is 19.4. The monoisotopic (exact) mass is 286 g/mol. The summed E-state index contributed by atoms with van der Waals surface area (Å²) in [6.45, 7) is 2.26. The van der Waals surface area contributed by atoms with E-state index in [2.05, 4.69) is 4.90 Å². The molecule has 20 heavy (non-hydrogen) atoms. The van der Waals surface area contributed by atoms with E-state index in [1.807, 2.05) is 30.3 Å². The second kappa shape index (κ2) is 6.15. The minimum Gasteiger partial charge on any atom is -0.368 e. The zero-order valence-corrected chi connectivity index (χ0v) is 11.1. The lowest BCUT2D eigenvalue weighted by atomic mass is 10.2. The molecule has 0 spiro atoms. The predicted octanol–water partition coefficient (Wildman–Crippen LogP) is 2.68. The first kappa shape index (κ1) is 14.7. The highest BCUT2D eigenvalue weighted by Gasteiger charge is 2.30. The molecule has 0 aliphatic carbocycles. The van der Waals surface area contributed by atoms with Crippen LogP contribution in [-0.4, -0.2) is 43.2 Å². The van der Waals surface area contributed by atoms with Gasteiger partial charge in [0.25, 0.3) is 0 Å². The molecule has 0 atom stereocenters. The molecule has 0 unspecified atom stereocenters. The molecule has 1 aromatic rings. The molecule has 1 aliphatic heterocycles. The molecule has 3 nitrogen and oxygen atoms in total. The third-order valence-corrected chi connectivity index (χ3v) is 3.38. The number of alkyl halides is 3. The Hall–Kier alpha value is -1.72. The van der Waals surface area contributed by atoms with Crippen molar-refractivity contribution in [3.05, 3.63) is 30.3 Å². The van der Waals surface area contributed by atoms with E-state index in [-0.39, 0.29) is 0 Å². The number of hydrogen-bond donors (Lipinski definition) is 0. The molecule has 0 N–H and O–H groups in total. The van der Waals surface area contributed by atoms with E-state index < -0.39 is 24.9 Å². The Morgan fingerprint density at radius 2 is 1.65 bits per heavy atom. The van der Waals surface area contributed by atoms with Crippen LogP contribution in [0.1, 0.15) is 12.8 Å². The second-order valence-electron chi connectivity index (χ2n) is 4.82. The Balaban J connectivity index is 1.81. The van der Waals surface area contributed by atoms with Crippen LogP contribution in [0.4, 0.5) is 18.9 Å². The third kappa shape index (κ3) is 4.15. The summed E-state index contributed by atoms with van der Waals surface area (Å²) < 4.78 is 36.3. The highest BCUT2D eigenvalue weighted by molar-refractivity contribution is 5.76. The Kier molecular flexibility index (Phi) is 4.52. The van der Waals surface area contributed by atoms with E-state index in [1.165, 1.54) is 4.90 Å². The Morgan fingerprint density at radius 1 is 1.05 bits per heavy atom. The van der Waals surface area contributed by atoms with Crippen molar-refractivity contribution in [3.63, 3.8) is 0 Å². The number of carbonyl (C=O) groups is 1. The van der Waals surface area contributed by atoms with Gasteiger partial charge in [0.2, 0.25) is 5.91 Å². The van der Waals surface area contributed by atoms with Crippen molar-refractivity contribution in [3.8, 4) is 0 Å². The number of halogens is 3. The molecule has 1 fully saturated rings. The summed E-state index contributed by atoms with van der Waals surface area (Å²) >= 11 is 0. The van der Waals surface area contributed by atoms with Gasteiger partial charge in [0.05, 0.1) is 6.42 Å². The maximum Gasteiger partial charge on any atom is 0.389 e. The molecule has 1 aromatic carbocycles. The summed E-state index contributed by atoms with van der Waals surface area (Å²) in [6, 6.07) is 9.79. The number of benzene rings is 1. The van der Waals surface area contributed by atoms with Crippen LogP contribution in [-0.2, 0) is 4.79 Å². The molecule has 0 radical (unpaired) electrons. The average Bonchev–Trinajstić information content (AvgIpc) is 2.45. The number of rotatable bonds is 3. The van der Waals surface area contributed by atoms with Crippen LogP contribution in [0.15, 0.2) is 30.3 Å². The fraction of sp³-hybridized carbons (Fsp3) is 0.500. The minimum atomic E-state index is -4.26. The number of nitrogens with zero attached hydrogens (tertiary/aromatic N) is 2. The molecule has 6 heteroatoms. The van der Waals surface area contributed by atoms with Crippen LogP contribution in [0, 0.1) is 0 Å². The molecule has 0 aromatic heterocycles. The number of carbonyl (C=O) groups excluding carboxylic acids is 1. The first-order chi connectivity index (χ1) is 9.46. The highest BCUT2D eigenvalue weighted by Crippen LogP contribution is 2.22. The van der Waals surface area contributed by atoms with Gasteiger partial charge in [0.15, 0.2) is 0 Å². The zero-order valence-electron chi connectivity index (χ0n) is 11.1. The van der Waals surface area contributed by atoms with Gasteiger partial charge in [0.1, 0.15) is 0 Å². The summed E-state index contributed by atoms with van der Waals surface area (Å²) in [6.07, 6.45) is -5.75. The van der Waals surface area contributed by atoms with Crippen molar-refractivity contribution in [2.45, 2.75) is 19.0 Å². The molecule has 1 amide bonds. The van der Waals surface area contributed by atoms with Gasteiger partial charge in [-0.25, -0.2) is 0 Å². The molecule has 0 bridgehead atoms. The van der Waals surface area contributed by atoms with E-state index in [0.717, 1.165) is 5.69 Å². The van der Waals surface area contributed by atoms with Crippen LogP contribution in [0.25, 0.3) is 0 Å². The van der Waals surface area contributed by atoms with E-state index in [9.17, 15) is 18.0 Å². The molecule has 2 rings (SSSR count). The van der Waals surface area contributed by atoms with Crippen LogP contribution in [0.3, 0.4) is 0 Å². The molecule has 0 saturated carbocycles. The first-order valence-corrected chi connectivity index (χ1v) is 6.60. The van der Waals surface area contributed by atoms with E-state index >= 15 is 0 Å². The SMILES string of the molecule is O=C(CCC(F)(F)F)N1CCN(c2ccccc2)CC1. The van der Waals surface area contributed by atoms with Crippen molar-refractivity contribution >= 4 is 11.6 Å². The van der Waals surface area contributed by atoms with Crippen LogP contribution >= 0.6 is 0 Å². The molecule has 1 aliphatic rings. The number of anilines is 1. The van der Waals surface area contributed by atoms with Crippen LogP contribution in [0.5, 0.6) is 0 Å². The Labute approximate surface area is 116 Å². The Bertz CT molecular complexity index is 439. The lowest BCUT2D eigenvalue weighted by molar-refractivity contribution is -0.149. The second-order valence-corrected chi connectivity index (χ2v) is 4.82. The van der Waals surface area contributed by atoms with Gasteiger partial charge >= 0.3 is 6.18 Å². The fourth-order valence-corrected chi connectivity index (χ4v) is 2.26. The predicted molar refractivity (Wildman–Crippen MR) is 70.5 cm³/mol. The lowest BCUT2D eigenvalue weighted by Gasteiger charge is -2.36. The molecule has 110 valence electrons. The summed E-state index contributed by atoms with van der Waals surface area (Å²) in [5.74, 6) is -0.407. The molecule has 1 heterocycles. The normalized spacial score (nSPS) is 16.4. The van der Waals surface area contributed by atoms with Gasteiger partial charge in [-0.3, -0.25) is 4.79 Å². The maximum absolute atomic E-state index is 12.1. The van der Waals surface area contributed by atoms with Crippen molar-refractivity contribution in [2.24, 2.45) is 0 Å². The summed E-state index contributed by atoms with van der Waals surface area (Å²) in [7, 11) is 0. The summed E-state index contributed by atoms with van der Waals surface area (Å²) in [4.78, 5) is 15.3. The minimum absolute atomic E-state index is 0.407. The van der Waals surface area contributed by atoms with Gasteiger partial charge in [-0.2, -0.15) is 13.2 Å². The number of hydrogen-bond acceptors (Lipinski definition) is 2. The van der Waals surface area contributed by atoms with Crippen LogP contribution < -0.4 is 4.90 Å². The molecule has 1 saturated heterocycles. The van der Waals surface area contributed by atoms with Gasteiger partial charge < -0.3 is 9.80 Å². The summed E-state index contributed by atoms with van der Waals surface area (Å²) in [5.41, 5.74) is 1.08. The molecular formula is C14H17F3N2O. The van der Waals surface area contributed by atoms with Gasteiger partial charge in [-0.05, 0) is 12.1 Å². The van der Waals surface area contributed by atoms with Gasteiger partial charge in [0, 0.05) is 38.3 Å². The van der Waals surface area contributed by atoms with Gasteiger partial charge in [-0.1, -0.05) is 18.2 Å². The Morgan fingerprint density at radius 3 is 2.20 bits per heavy atom. The third-order valence-electron chi connectivity index (χ3n) is 3.38. The van der Waals surface area contributed by atoms with E-state index in [1.54, 1.807) is 0 Å². The van der Waals surface area contributed by atoms with E-state index in [4.69, 9.17) is 0 Å². The quantitative estimate of drug-likeness (QED) is 0.853. The molecular weight excluding hydrogens is 269 g/mol. The lowest BCUT2D eigenvalue weighted by Crippen LogP contribution is -2.48. The summed E-state index contributed by atoms with van der Waals surface area (Å²) in [5, 5.41) is 0. The van der Waals surface area contributed by atoms with E-state index in [0.29, 0.717) is 26.2 Å². The smallest absolute Gasteiger partial charge is 0.368 e. The van der Waals surface area contributed by atoms with Crippen molar-refractivity contribution in [1.82, 2.24) is 4.90 Å². The zero-order chi connectivity index (χ0) is 14.6. The first-order valence-electron chi connectivity index (χ1n) is 6.60. The largest absolute Gasteiger partial charge is 0.389 e. The maximum atomic E-state index is 12.1. The average molecular weight is 286 g/mol. The van der Waals surface area contributed by atoms with Crippen molar-refractivity contribution in [1.29, 1.82) is 0 Å². The van der Waals surface area contributed by atoms with Crippen molar-refractivity contribution in [2.75, 3.05) is 31.1 Å².